The highest BCUT2D eigenvalue weighted by Gasteiger charge is 2.31. The SMILES string of the molecule is COC(=O)CN(C)C(=O)CC(Nc1nc2ccccc2[nH]1)c1cccc(C(F)(F)F)c1. The van der Waals surface area contributed by atoms with Crippen LogP contribution < -0.4 is 5.32 Å². The maximum absolute atomic E-state index is 13.2. The lowest BCUT2D eigenvalue weighted by atomic mass is 10.0. The molecule has 10 heteroatoms. The Kier molecular flexibility index (Phi) is 6.47. The third kappa shape index (κ3) is 5.53. The van der Waals surface area contributed by atoms with Crippen molar-refractivity contribution in [3.05, 3.63) is 59.7 Å². The fourth-order valence-electron chi connectivity index (χ4n) is 3.05. The predicted octanol–water partition coefficient (Wildman–Crippen LogP) is 3.76. The molecule has 1 amide bonds. The van der Waals surface area contributed by atoms with Crippen LogP contribution in [0.15, 0.2) is 48.5 Å². The van der Waals surface area contributed by atoms with Gasteiger partial charge >= 0.3 is 12.1 Å². The molecule has 0 bridgehead atoms. The van der Waals surface area contributed by atoms with Crippen LogP contribution in [0, 0.1) is 0 Å². The van der Waals surface area contributed by atoms with Gasteiger partial charge in [-0.15, -0.1) is 0 Å². The van der Waals surface area contributed by atoms with Gasteiger partial charge < -0.3 is 19.9 Å². The molecular formula is C21H21F3N4O3. The average Bonchev–Trinajstić information content (AvgIpc) is 3.15. The normalized spacial score (nSPS) is 12.4. The fourth-order valence-corrected chi connectivity index (χ4v) is 3.05. The Labute approximate surface area is 176 Å². The maximum atomic E-state index is 13.2. The van der Waals surface area contributed by atoms with E-state index in [9.17, 15) is 22.8 Å². The number of nitrogens with one attached hydrogen (secondary N) is 2. The van der Waals surface area contributed by atoms with Crippen molar-refractivity contribution in [2.24, 2.45) is 0 Å². The molecule has 2 N–H and O–H groups in total. The van der Waals surface area contributed by atoms with Gasteiger partial charge in [-0.25, -0.2) is 4.98 Å². The summed E-state index contributed by atoms with van der Waals surface area (Å²) in [5.41, 5.74) is 0.843. The molecule has 164 valence electrons. The number of carbonyl (C=O) groups is 2. The van der Waals surface area contributed by atoms with E-state index in [0.717, 1.165) is 22.5 Å². The number of aromatic nitrogens is 2. The molecule has 1 aromatic heterocycles. The molecule has 0 saturated heterocycles. The molecule has 0 radical (unpaired) electrons. The minimum Gasteiger partial charge on any atom is -0.468 e. The third-order valence-electron chi connectivity index (χ3n) is 4.72. The molecule has 1 heterocycles. The summed E-state index contributed by atoms with van der Waals surface area (Å²) >= 11 is 0. The van der Waals surface area contributed by atoms with Crippen LogP contribution in [0.3, 0.4) is 0 Å². The predicted molar refractivity (Wildman–Crippen MR) is 108 cm³/mol. The van der Waals surface area contributed by atoms with Gasteiger partial charge in [-0.05, 0) is 29.8 Å². The number of methoxy groups -OCH3 is 1. The number of alkyl halides is 3. The Balaban J connectivity index is 1.89. The van der Waals surface area contributed by atoms with Crippen LogP contribution in [0.2, 0.25) is 0 Å². The molecule has 1 atom stereocenters. The summed E-state index contributed by atoms with van der Waals surface area (Å²) in [4.78, 5) is 32.7. The third-order valence-corrected chi connectivity index (χ3v) is 4.72. The molecule has 0 aliphatic heterocycles. The number of carbonyl (C=O) groups excluding carboxylic acids is 2. The number of esters is 1. The van der Waals surface area contributed by atoms with Crippen molar-refractivity contribution in [3.8, 4) is 0 Å². The Hall–Kier alpha value is -3.56. The van der Waals surface area contributed by atoms with Crippen LogP contribution in [-0.4, -0.2) is 47.4 Å². The number of amides is 1. The molecule has 1 unspecified atom stereocenters. The van der Waals surface area contributed by atoms with Gasteiger partial charge in [0.25, 0.3) is 0 Å². The number of imidazole rings is 1. The van der Waals surface area contributed by atoms with Crippen LogP contribution in [0.1, 0.15) is 23.6 Å². The Morgan fingerprint density at radius 2 is 1.94 bits per heavy atom. The summed E-state index contributed by atoms with van der Waals surface area (Å²) < 4.78 is 44.2. The first kappa shape index (κ1) is 22.1. The van der Waals surface area contributed by atoms with E-state index in [-0.39, 0.29) is 18.5 Å². The molecule has 0 aliphatic rings. The standard InChI is InChI=1S/C21H21F3N4O3/c1-28(12-19(30)31-2)18(29)11-17(13-6-5-7-14(10-13)21(22,23)24)27-20-25-15-8-3-4-9-16(15)26-20/h3-10,17H,11-12H2,1-2H3,(H2,25,26,27). The highest BCUT2D eigenvalue weighted by molar-refractivity contribution is 5.83. The van der Waals surface area contributed by atoms with Crippen molar-refractivity contribution in [1.82, 2.24) is 14.9 Å². The molecular weight excluding hydrogens is 413 g/mol. The van der Waals surface area contributed by atoms with E-state index in [1.165, 1.54) is 26.3 Å². The van der Waals surface area contributed by atoms with Crippen LogP contribution in [-0.2, 0) is 20.5 Å². The second-order valence-corrected chi connectivity index (χ2v) is 6.95. The quantitative estimate of drug-likeness (QED) is 0.553. The van der Waals surface area contributed by atoms with E-state index in [4.69, 9.17) is 0 Å². The van der Waals surface area contributed by atoms with Crippen molar-refractivity contribution < 1.29 is 27.5 Å². The number of halogens is 3. The maximum Gasteiger partial charge on any atom is 0.416 e. The number of hydrogen-bond acceptors (Lipinski definition) is 5. The average molecular weight is 434 g/mol. The molecule has 0 spiro atoms. The lowest BCUT2D eigenvalue weighted by Crippen LogP contribution is -2.34. The number of rotatable bonds is 7. The smallest absolute Gasteiger partial charge is 0.416 e. The zero-order valence-corrected chi connectivity index (χ0v) is 16.9. The van der Waals surface area contributed by atoms with Gasteiger partial charge in [-0.2, -0.15) is 13.2 Å². The van der Waals surface area contributed by atoms with Crippen LogP contribution in [0.5, 0.6) is 0 Å². The summed E-state index contributed by atoms with van der Waals surface area (Å²) in [7, 11) is 2.62. The van der Waals surface area contributed by atoms with E-state index in [0.29, 0.717) is 11.5 Å². The van der Waals surface area contributed by atoms with Gasteiger partial charge in [0.2, 0.25) is 11.9 Å². The molecule has 0 saturated carbocycles. The Morgan fingerprint density at radius 1 is 1.19 bits per heavy atom. The lowest BCUT2D eigenvalue weighted by molar-refractivity contribution is -0.146. The number of ether oxygens (including phenoxy) is 1. The zero-order valence-electron chi connectivity index (χ0n) is 16.9. The fraction of sp³-hybridized carbons (Fsp3) is 0.286. The summed E-state index contributed by atoms with van der Waals surface area (Å²) in [5, 5.41) is 3.02. The molecule has 0 fully saturated rings. The highest BCUT2D eigenvalue weighted by atomic mass is 19.4. The number of likely N-dealkylation sites (N-methyl/N-ethyl adjacent to an activating group) is 1. The van der Waals surface area contributed by atoms with Gasteiger partial charge in [0.1, 0.15) is 6.54 Å². The van der Waals surface area contributed by atoms with Crippen LogP contribution >= 0.6 is 0 Å². The van der Waals surface area contributed by atoms with Gasteiger partial charge in [0.05, 0.1) is 36.2 Å². The van der Waals surface area contributed by atoms with E-state index < -0.39 is 29.7 Å². The second-order valence-electron chi connectivity index (χ2n) is 6.95. The molecule has 0 aliphatic carbocycles. The van der Waals surface area contributed by atoms with Crippen molar-refractivity contribution >= 4 is 28.9 Å². The first-order valence-corrected chi connectivity index (χ1v) is 9.36. The first-order chi connectivity index (χ1) is 14.7. The largest absolute Gasteiger partial charge is 0.468 e. The number of benzene rings is 2. The van der Waals surface area contributed by atoms with Gasteiger partial charge in [0, 0.05) is 7.05 Å². The van der Waals surface area contributed by atoms with Crippen molar-refractivity contribution in [1.29, 1.82) is 0 Å². The number of para-hydroxylation sites is 2. The number of H-pyrrole nitrogens is 1. The molecule has 2 aromatic carbocycles. The van der Waals surface area contributed by atoms with E-state index >= 15 is 0 Å². The van der Waals surface area contributed by atoms with Crippen molar-refractivity contribution in [2.75, 3.05) is 26.0 Å². The summed E-state index contributed by atoms with van der Waals surface area (Å²) in [6.07, 6.45) is -4.72. The molecule has 31 heavy (non-hydrogen) atoms. The minimum atomic E-state index is -4.52. The van der Waals surface area contributed by atoms with E-state index in [1.54, 1.807) is 6.07 Å². The number of aromatic amines is 1. The first-order valence-electron chi connectivity index (χ1n) is 9.36. The van der Waals surface area contributed by atoms with Gasteiger partial charge in [-0.3, -0.25) is 9.59 Å². The summed E-state index contributed by atoms with van der Waals surface area (Å²) in [6, 6.07) is 11.1. The van der Waals surface area contributed by atoms with Crippen LogP contribution in [0.4, 0.5) is 19.1 Å². The molecule has 7 nitrogen and oxygen atoms in total. The topological polar surface area (TPSA) is 87.3 Å². The minimum absolute atomic E-state index is 0.203. The van der Waals surface area contributed by atoms with Crippen molar-refractivity contribution in [3.63, 3.8) is 0 Å². The van der Waals surface area contributed by atoms with E-state index in [1.807, 2.05) is 18.2 Å². The van der Waals surface area contributed by atoms with Crippen LogP contribution in [0.25, 0.3) is 11.0 Å². The summed E-state index contributed by atoms with van der Waals surface area (Å²) in [5.74, 6) is -0.736. The Bertz CT molecular complexity index is 1050. The highest BCUT2D eigenvalue weighted by Crippen LogP contribution is 2.32. The van der Waals surface area contributed by atoms with Gasteiger partial charge in [-0.1, -0.05) is 24.3 Å². The number of fused-ring (bicyclic) bond motifs is 1. The number of anilines is 1. The lowest BCUT2D eigenvalue weighted by Gasteiger charge is -2.23. The van der Waals surface area contributed by atoms with Crippen molar-refractivity contribution in [2.45, 2.75) is 18.6 Å². The monoisotopic (exact) mass is 434 g/mol. The molecule has 3 aromatic rings. The second kappa shape index (κ2) is 9.07. The summed E-state index contributed by atoms with van der Waals surface area (Å²) in [6.45, 7) is -0.269. The van der Waals surface area contributed by atoms with Gasteiger partial charge in [0.15, 0.2) is 0 Å². The number of nitrogens with zero attached hydrogens (tertiary/aromatic N) is 2. The number of hydrogen-bond donors (Lipinski definition) is 2. The Morgan fingerprint density at radius 3 is 2.61 bits per heavy atom. The molecule has 3 rings (SSSR count). The zero-order chi connectivity index (χ0) is 22.6. The van der Waals surface area contributed by atoms with E-state index in [2.05, 4.69) is 20.0 Å².